The summed E-state index contributed by atoms with van der Waals surface area (Å²) >= 11 is 1.25. The van der Waals surface area contributed by atoms with Crippen LogP contribution in [0.4, 0.5) is 0 Å². The van der Waals surface area contributed by atoms with E-state index in [1.807, 2.05) is 37.3 Å². The van der Waals surface area contributed by atoms with E-state index in [0.29, 0.717) is 23.8 Å². The van der Waals surface area contributed by atoms with Crippen LogP contribution in [-0.2, 0) is 23.1 Å². The summed E-state index contributed by atoms with van der Waals surface area (Å²) in [4.78, 5) is 0.879. The van der Waals surface area contributed by atoms with Gasteiger partial charge in [0.2, 0.25) is 0 Å². The molecule has 0 unspecified atom stereocenters. The van der Waals surface area contributed by atoms with Gasteiger partial charge in [-0.3, -0.25) is 0 Å². The zero-order valence-corrected chi connectivity index (χ0v) is 13.7. The molecule has 0 aliphatic heterocycles. The standard InChI is InChI=1S/C15H20N2O2S2/c1-2-10-17(12-13-6-4-3-5-7-13)21(18,19)15-9-8-14(11-16)20-15/h3-9H,2,10-12,16H2,1H3. The van der Waals surface area contributed by atoms with Crippen molar-refractivity contribution in [1.82, 2.24) is 4.31 Å². The monoisotopic (exact) mass is 324 g/mol. The molecule has 1 heterocycles. The Bertz CT molecular complexity index is 666. The molecule has 0 bridgehead atoms. The van der Waals surface area contributed by atoms with Crippen LogP contribution in [-0.4, -0.2) is 19.3 Å². The number of nitrogens with two attached hydrogens (primary N) is 1. The van der Waals surface area contributed by atoms with Crippen molar-refractivity contribution in [2.75, 3.05) is 6.54 Å². The lowest BCUT2D eigenvalue weighted by atomic mass is 10.2. The number of hydrogen-bond donors (Lipinski definition) is 1. The molecule has 1 aromatic carbocycles. The second kappa shape index (κ2) is 7.17. The minimum absolute atomic E-state index is 0.368. The van der Waals surface area contributed by atoms with Gasteiger partial charge in [-0.15, -0.1) is 11.3 Å². The Labute approximate surface area is 130 Å². The van der Waals surface area contributed by atoms with Gasteiger partial charge >= 0.3 is 0 Å². The summed E-state index contributed by atoms with van der Waals surface area (Å²) in [6.07, 6.45) is 0.779. The van der Waals surface area contributed by atoms with E-state index in [9.17, 15) is 8.42 Å². The molecule has 21 heavy (non-hydrogen) atoms. The van der Waals surface area contributed by atoms with Crippen LogP contribution in [0.15, 0.2) is 46.7 Å². The van der Waals surface area contributed by atoms with Crippen LogP contribution in [0.2, 0.25) is 0 Å². The number of thiophene rings is 1. The highest BCUT2D eigenvalue weighted by molar-refractivity contribution is 7.91. The van der Waals surface area contributed by atoms with Gasteiger partial charge in [0.1, 0.15) is 4.21 Å². The fourth-order valence-corrected chi connectivity index (χ4v) is 4.96. The van der Waals surface area contributed by atoms with Crippen molar-refractivity contribution in [2.24, 2.45) is 5.73 Å². The van der Waals surface area contributed by atoms with Crippen molar-refractivity contribution < 1.29 is 8.42 Å². The molecule has 6 heteroatoms. The summed E-state index contributed by atoms with van der Waals surface area (Å²) < 4.78 is 27.4. The first-order valence-corrected chi connectivity index (χ1v) is 9.16. The molecule has 0 aliphatic rings. The zero-order valence-electron chi connectivity index (χ0n) is 12.0. The zero-order chi connectivity index (χ0) is 15.3. The topological polar surface area (TPSA) is 63.4 Å². The second-order valence-electron chi connectivity index (χ2n) is 4.75. The fourth-order valence-electron chi connectivity index (χ4n) is 2.05. The Morgan fingerprint density at radius 1 is 1.14 bits per heavy atom. The minimum Gasteiger partial charge on any atom is -0.326 e. The van der Waals surface area contributed by atoms with Gasteiger partial charge in [-0.25, -0.2) is 8.42 Å². The Morgan fingerprint density at radius 2 is 1.86 bits per heavy atom. The molecular formula is C15H20N2O2S2. The molecule has 4 nitrogen and oxygen atoms in total. The molecule has 2 N–H and O–H groups in total. The molecule has 0 spiro atoms. The van der Waals surface area contributed by atoms with Crippen molar-refractivity contribution in [2.45, 2.75) is 30.6 Å². The third-order valence-electron chi connectivity index (χ3n) is 3.11. The maximum absolute atomic E-state index is 12.8. The van der Waals surface area contributed by atoms with E-state index in [-0.39, 0.29) is 0 Å². The van der Waals surface area contributed by atoms with Gasteiger partial charge < -0.3 is 5.73 Å². The summed E-state index contributed by atoms with van der Waals surface area (Å²) in [5, 5.41) is 0. The lowest BCUT2D eigenvalue weighted by Gasteiger charge is -2.20. The summed E-state index contributed by atoms with van der Waals surface area (Å²) in [5.41, 5.74) is 6.56. The van der Waals surface area contributed by atoms with Crippen molar-refractivity contribution in [3.05, 3.63) is 52.9 Å². The molecule has 2 aromatic rings. The molecule has 2 rings (SSSR count). The maximum atomic E-state index is 12.8. The highest BCUT2D eigenvalue weighted by atomic mass is 32.2. The van der Waals surface area contributed by atoms with Crippen LogP contribution in [0, 0.1) is 0 Å². The Balaban J connectivity index is 2.27. The summed E-state index contributed by atoms with van der Waals surface area (Å²) in [6, 6.07) is 13.1. The quantitative estimate of drug-likeness (QED) is 0.852. The largest absolute Gasteiger partial charge is 0.326 e. The molecule has 0 atom stereocenters. The summed E-state index contributed by atoms with van der Waals surface area (Å²) in [7, 11) is -3.45. The first kappa shape index (κ1) is 16.2. The van der Waals surface area contributed by atoms with Crippen LogP contribution >= 0.6 is 11.3 Å². The predicted molar refractivity (Wildman–Crippen MR) is 86.5 cm³/mol. The number of sulfonamides is 1. The second-order valence-corrected chi connectivity index (χ2v) is 8.08. The smallest absolute Gasteiger partial charge is 0.252 e. The molecule has 0 radical (unpaired) electrons. The third-order valence-corrected chi connectivity index (χ3v) is 6.53. The van der Waals surface area contributed by atoms with E-state index < -0.39 is 10.0 Å². The van der Waals surface area contributed by atoms with Gasteiger partial charge in [0.25, 0.3) is 10.0 Å². The third kappa shape index (κ3) is 3.91. The van der Waals surface area contributed by atoms with Crippen molar-refractivity contribution in [1.29, 1.82) is 0 Å². The lowest BCUT2D eigenvalue weighted by molar-refractivity contribution is 0.407. The molecule has 114 valence electrons. The number of hydrogen-bond acceptors (Lipinski definition) is 4. The van der Waals surface area contributed by atoms with E-state index in [0.717, 1.165) is 16.9 Å². The van der Waals surface area contributed by atoms with Gasteiger partial charge in [0, 0.05) is 24.5 Å². The van der Waals surface area contributed by atoms with E-state index in [1.54, 1.807) is 12.1 Å². The first-order chi connectivity index (χ1) is 10.1. The van der Waals surface area contributed by atoms with E-state index >= 15 is 0 Å². The lowest BCUT2D eigenvalue weighted by Crippen LogP contribution is -2.30. The maximum Gasteiger partial charge on any atom is 0.252 e. The number of nitrogens with zero attached hydrogens (tertiary/aromatic N) is 1. The van der Waals surface area contributed by atoms with Gasteiger partial charge in [0.15, 0.2) is 0 Å². The van der Waals surface area contributed by atoms with Crippen molar-refractivity contribution >= 4 is 21.4 Å². The van der Waals surface area contributed by atoms with Gasteiger partial charge in [0.05, 0.1) is 0 Å². The molecule has 0 saturated carbocycles. The molecule has 0 aliphatic carbocycles. The highest BCUT2D eigenvalue weighted by Crippen LogP contribution is 2.26. The highest BCUT2D eigenvalue weighted by Gasteiger charge is 2.25. The normalized spacial score (nSPS) is 12.0. The van der Waals surface area contributed by atoms with Gasteiger partial charge in [-0.05, 0) is 24.1 Å². The molecule has 0 fully saturated rings. The van der Waals surface area contributed by atoms with Crippen LogP contribution in [0.5, 0.6) is 0 Å². The van der Waals surface area contributed by atoms with Crippen LogP contribution in [0.1, 0.15) is 23.8 Å². The average Bonchev–Trinajstić information content (AvgIpc) is 2.97. The fraction of sp³-hybridized carbons (Fsp3) is 0.333. The predicted octanol–water partition coefficient (Wildman–Crippen LogP) is 2.81. The van der Waals surface area contributed by atoms with Crippen LogP contribution < -0.4 is 5.73 Å². The molecule has 0 amide bonds. The first-order valence-electron chi connectivity index (χ1n) is 6.90. The van der Waals surface area contributed by atoms with E-state index in [1.165, 1.54) is 15.6 Å². The Kier molecular flexibility index (Phi) is 5.52. The van der Waals surface area contributed by atoms with Crippen LogP contribution in [0.3, 0.4) is 0 Å². The number of benzene rings is 1. The average molecular weight is 324 g/mol. The van der Waals surface area contributed by atoms with Crippen molar-refractivity contribution in [3.8, 4) is 0 Å². The summed E-state index contributed by atoms with van der Waals surface area (Å²) in [5.74, 6) is 0. The number of rotatable bonds is 7. The van der Waals surface area contributed by atoms with Crippen molar-refractivity contribution in [3.63, 3.8) is 0 Å². The molecular weight excluding hydrogens is 304 g/mol. The van der Waals surface area contributed by atoms with E-state index in [4.69, 9.17) is 5.73 Å². The van der Waals surface area contributed by atoms with Gasteiger partial charge in [-0.1, -0.05) is 37.3 Å². The Morgan fingerprint density at radius 3 is 2.43 bits per heavy atom. The molecule has 1 aromatic heterocycles. The van der Waals surface area contributed by atoms with Crippen LogP contribution in [0.25, 0.3) is 0 Å². The van der Waals surface area contributed by atoms with Gasteiger partial charge in [-0.2, -0.15) is 4.31 Å². The minimum atomic E-state index is -3.45. The van der Waals surface area contributed by atoms with E-state index in [2.05, 4.69) is 0 Å². The molecule has 0 saturated heterocycles. The Hall–Kier alpha value is -1.21. The SMILES string of the molecule is CCCN(Cc1ccccc1)S(=O)(=O)c1ccc(CN)s1. The summed E-state index contributed by atoms with van der Waals surface area (Å²) in [6.45, 7) is 3.25.